The first-order valence-corrected chi connectivity index (χ1v) is 10.1. The van der Waals surface area contributed by atoms with Gasteiger partial charge in [0.2, 0.25) is 10.0 Å². The molecule has 0 N–H and O–H groups in total. The Balaban J connectivity index is 1.35. The Morgan fingerprint density at radius 1 is 1.00 bits per heavy atom. The summed E-state index contributed by atoms with van der Waals surface area (Å²) < 4.78 is 39.8. The van der Waals surface area contributed by atoms with E-state index >= 15 is 0 Å². The van der Waals surface area contributed by atoms with Crippen molar-refractivity contribution < 1.29 is 12.8 Å². The fraction of sp³-hybridized carbons (Fsp3) is 0.556. The highest BCUT2D eigenvalue weighted by Crippen LogP contribution is 2.43. The third kappa shape index (κ3) is 3.03. The molecule has 2 bridgehead atoms. The summed E-state index contributed by atoms with van der Waals surface area (Å²) in [6.07, 6.45) is 7.32. The summed E-state index contributed by atoms with van der Waals surface area (Å²) in [4.78, 5) is 2.58. The van der Waals surface area contributed by atoms with Crippen LogP contribution in [-0.2, 0) is 10.0 Å². The van der Waals surface area contributed by atoms with Crippen LogP contribution >= 0.6 is 0 Å². The SMILES string of the molecule is O=S(=O)(c1ccc(F)cc1)N1CCN(C[C@@H]2C[C@@H]3C=C[C@H]2C3)CC1. The van der Waals surface area contributed by atoms with Gasteiger partial charge in [0.1, 0.15) is 5.82 Å². The number of piperazine rings is 1. The Bertz CT molecular complexity index is 724. The molecule has 24 heavy (non-hydrogen) atoms. The molecule has 3 atom stereocenters. The second-order valence-electron chi connectivity index (χ2n) is 7.20. The summed E-state index contributed by atoms with van der Waals surface area (Å²) in [5, 5.41) is 0. The third-order valence-corrected chi connectivity index (χ3v) is 7.60. The second kappa shape index (κ2) is 6.24. The predicted molar refractivity (Wildman–Crippen MR) is 90.4 cm³/mol. The fourth-order valence-corrected chi connectivity index (χ4v) is 5.77. The average molecular weight is 350 g/mol. The van der Waals surface area contributed by atoms with E-state index in [1.807, 2.05) is 0 Å². The number of halogens is 1. The van der Waals surface area contributed by atoms with Crippen LogP contribution in [0.1, 0.15) is 12.8 Å². The molecule has 6 heteroatoms. The van der Waals surface area contributed by atoms with Gasteiger partial charge in [0.05, 0.1) is 4.90 Å². The average Bonchev–Trinajstić information content (AvgIpc) is 3.19. The van der Waals surface area contributed by atoms with E-state index in [2.05, 4.69) is 17.1 Å². The smallest absolute Gasteiger partial charge is 0.243 e. The summed E-state index contributed by atoms with van der Waals surface area (Å²) in [7, 11) is -3.51. The van der Waals surface area contributed by atoms with Crippen molar-refractivity contribution in [3.63, 3.8) is 0 Å². The van der Waals surface area contributed by atoms with Gasteiger partial charge in [-0.25, -0.2) is 12.8 Å². The number of rotatable bonds is 4. The van der Waals surface area contributed by atoms with Crippen molar-refractivity contribution in [2.24, 2.45) is 17.8 Å². The molecule has 3 aliphatic rings. The normalized spacial score (nSPS) is 31.0. The summed E-state index contributed by atoms with van der Waals surface area (Å²) in [6.45, 7) is 3.65. The molecule has 0 radical (unpaired) electrons. The van der Waals surface area contributed by atoms with E-state index in [1.165, 1.54) is 41.4 Å². The lowest BCUT2D eigenvalue weighted by Crippen LogP contribution is -2.49. The Labute approximate surface area is 143 Å². The minimum atomic E-state index is -3.51. The number of allylic oxidation sites excluding steroid dienone is 2. The zero-order valence-corrected chi connectivity index (χ0v) is 14.5. The third-order valence-electron chi connectivity index (χ3n) is 5.69. The maximum Gasteiger partial charge on any atom is 0.243 e. The van der Waals surface area contributed by atoms with E-state index in [-0.39, 0.29) is 4.90 Å². The lowest BCUT2D eigenvalue weighted by Gasteiger charge is -2.36. The summed E-state index contributed by atoms with van der Waals surface area (Å²) in [5.41, 5.74) is 0. The molecule has 1 aromatic carbocycles. The molecule has 0 spiro atoms. The quantitative estimate of drug-likeness (QED) is 0.783. The molecule has 1 aliphatic heterocycles. The molecule has 2 aliphatic carbocycles. The molecule has 1 heterocycles. The van der Waals surface area contributed by atoms with Crippen LogP contribution in [0, 0.1) is 23.6 Å². The fourth-order valence-electron chi connectivity index (χ4n) is 4.34. The predicted octanol–water partition coefficient (Wildman–Crippen LogP) is 2.34. The van der Waals surface area contributed by atoms with Gasteiger partial charge < -0.3 is 4.90 Å². The second-order valence-corrected chi connectivity index (χ2v) is 9.14. The van der Waals surface area contributed by atoms with Crippen LogP contribution in [0.25, 0.3) is 0 Å². The van der Waals surface area contributed by atoms with Crippen molar-refractivity contribution in [2.75, 3.05) is 32.7 Å². The molecule has 0 unspecified atom stereocenters. The number of nitrogens with zero attached hydrogens (tertiary/aromatic N) is 2. The van der Waals surface area contributed by atoms with Crippen molar-refractivity contribution in [3.05, 3.63) is 42.2 Å². The van der Waals surface area contributed by atoms with Crippen LogP contribution in [0.2, 0.25) is 0 Å². The van der Waals surface area contributed by atoms with E-state index in [9.17, 15) is 12.8 Å². The largest absolute Gasteiger partial charge is 0.300 e. The van der Waals surface area contributed by atoms with Gasteiger partial charge in [-0.2, -0.15) is 4.31 Å². The lowest BCUT2D eigenvalue weighted by atomic mass is 9.93. The van der Waals surface area contributed by atoms with Gasteiger partial charge in [-0.3, -0.25) is 0 Å². The van der Waals surface area contributed by atoms with Crippen LogP contribution in [0.15, 0.2) is 41.3 Å². The van der Waals surface area contributed by atoms with Crippen LogP contribution in [0.3, 0.4) is 0 Å². The van der Waals surface area contributed by atoms with Gasteiger partial charge in [0, 0.05) is 32.7 Å². The number of fused-ring (bicyclic) bond motifs is 2. The van der Waals surface area contributed by atoms with Gasteiger partial charge >= 0.3 is 0 Å². The van der Waals surface area contributed by atoms with Crippen molar-refractivity contribution >= 4 is 10.0 Å². The molecule has 4 rings (SSSR count). The Hall–Kier alpha value is -1.24. The molecule has 0 aromatic heterocycles. The lowest BCUT2D eigenvalue weighted by molar-refractivity contribution is 0.156. The first-order valence-electron chi connectivity index (χ1n) is 8.69. The minimum absolute atomic E-state index is 0.176. The van der Waals surface area contributed by atoms with Gasteiger partial charge in [-0.15, -0.1) is 0 Å². The summed E-state index contributed by atoms with van der Waals surface area (Å²) >= 11 is 0. The Morgan fingerprint density at radius 3 is 2.29 bits per heavy atom. The standard InChI is InChI=1S/C18H23FN2O2S/c19-17-3-5-18(6-4-17)24(22,23)21-9-7-20(8-10-21)13-16-12-14-1-2-15(16)11-14/h1-6,14-16H,7-13H2/t14-,15+,16+/m1/s1. The van der Waals surface area contributed by atoms with Crippen LogP contribution in [0.4, 0.5) is 4.39 Å². The topological polar surface area (TPSA) is 40.6 Å². The number of hydrogen-bond acceptors (Lipinski definition) is 3. The van der Waals surface area contributed by atoms with Crippen molar-refractivity contribution in [1.82, 2.24) is 9.21 Å². The number of benzene rings is 1. The highest BCUT2D eigenvalue weighted by atomic mass is 32.2. The molecule has 4 nitrogen and oxygen atoms in total. The van der Waals surface area contributed by atoms with Gasteiger partial charge in [-0.1, -0.05) is 12.2 Å². The van der Waals surface area contributed by atoms with E-state index in [0.717, 1.165) is 37.4 Å². The molecular weight excluding hydrogens is 327 g/mol. The zero-order chi connectivity index (χ0) is 16.7. The number of hydrogen-bond donors (Lipinski definition) is 0. The highest BCUT2D eigenvalue weighted by Gasteiger charge is 2.37. The monoisotopic (exact) mass is 350 g/mol. The first-order chi connectivity index (χ1) is 11.5. The van der Waals surface area contributed by atoms with Crippen molar-refractivity contribution in [2.45, 2.75) is 17.7 Å². The molecule has 1 saturated carbocycles. The summed E-state index contributed by atoms with van der Waals surface area (Å²) in [6, 6.07) is 5.09. The highest BCUT2D eigenvalue weighted by molar-refractivity contribution is 7.89. The Kier molecular flexibility index (Phi) is 4.22. The molecule has 2 fully saturated rings. The molecular formula is C18H23FN2O2S. The zero-order valence-electron chi connectivity index (χ0n) is 13.6. The molecule has 1 aromatic rings. The van der Waals surface area contributed by atoms with E-state index < -0.39 is 15.8 Å². The first kappa shape index (κ1) is 16.2. The van der Waals surface area contributed by atoms with Crippen LogP contribution < -0.4 is 0 Å². The van der Waals surface area contributed by atoms with E-state index in [4.69, 9.17) is 0 Å². The van der Waals surface area contributed by atoms with Gasteiger partial charge in [-0.05, 0) is 54.9 Å². The molecule has 0 amide bonds. The number of sulfonamides is 1. The van der Waals surface area contributed by atoms with Crippen LogP contribution in [0.5, 0.6) is 0 Å². The maximum atomic E-state index is 13.0. The van der Waals surface area contributed by atoms with Crippen LogP contribution in [-0.4, -0.2) is 50.3 Å². The summed E-state index contributed by atoms with van der Waals surface area (Å²) in [5.74, 6) is 1.83. The van der Waals surface area contributed by atoms with Crippen molar-refractivity contribution in [1.29, 1.82) is 0 Å². The van der Waals surface area contributed by atoms with E-state index in [0.29, 0.717) is 13.1 Å². The Morgan fingerprint density at radius 2 is 1.71 bits per heavy atom. The molecule has 1 saturated heterocycles. The van der Waals surface area contributed by atoms with Gasteiger partial charge in [0.15, 0.2) is 0 Å². The van der Waals surface area contributed by atoms with Gasteiger partial charge in [0.25, 0.3) is 0 Å². The molecule has 130 valence electrons. The minimum Gasteiger partial charge on any atom is -0.300 e. The maximum absolute atomic E-state index is 13.0. The van der Waals surface area contributed by atoms with Crippen molar-refractivity contribution in [3.8, 4) is 0 Å². The van der Waals surface area contributed by atoms with E-state index in [1.54, 1.807) is 0 Å².